The quantitative estimate of drug-likeness (QED) is 0.374. The van der Waals surface area contributed by atoms with Crippen LogP contribution in [0, 0.1) is 30.4 Å². The minimum Gasteiger partial charge on any atom is -0.392 e. The summed E-state index contributed by atoms with van der Waals surface area (Å²) >= 11 is 0. The fourth-order valence-electron chi connectivity index (χ4n) is 5.52. The van der Waals surface area contributed by atoms with Crippen molar-refractivity contribution in [2.75, 3.05) is 26.7 Å². The van der Waals surface area contributed by atoms with Gasteiger partial charge in [0.15, 0.2) is 5.78 Å². The van der Waals surface area contributed by atoms with Crippen molar-refractivity contribution >= 4 is 17.6 Å². The Kier molecular flexibility index (Phi) is 10.7. The number of aliphatic hydroxyl groups excluding tert-OH is 1. The molecule has 212 valence electrons. The molecule has 1 aliphatic heterocycles. The maximum atomic E-state index is 13.9. The molecule has 6 nitrogen and oxygen atoms in total. The van der Waals surface area contributed by atoms with Gasteiger partial charge in [0.25, 0.3) is 5.91 Å². The van der Waals surface area contributed by atoms with Gasteiger partial charge in [0.1, 0.15) is 11.6 Å². The predicted octanol–water partition coefficient (Wildman–Crippen LogP) is 5.20. The molecule has 1 aliphatic rings. The Labute approximate surface area is 230 Å². The van der Waals surface area contributed by atoms with E-state index in [1.807, 2.05) is 20.8 Å². The van der Waals surface area contributed by atoms with Gasteiger partial charge in [-0.2, -0.15) is 0 Å². The van der Waals surface area contributed by atoms with Gasteiger partial charge in [-0.25, -0.2) is 8.78 Å². The summed E-state index contributed by atoms with van der Waals surface area (Å²) in [6.07, 6.45) is 1.53. The highest BCUT2D eigenvalue weighted by atomic mass is 19.1. The van der Waals surface area contributed by atoms with Gasteiger partial charge in [0, 0.05) is 50.3 Å². The van der Waals surface area contributed by atoms with E-state index in [0.717, 1.165) is 24.5 Å². The molecule has 0 aliphatic carbocycles. The smallest absolute Gasteiger partial charge is 0.253 e. The SMILES string of the molecule is CCCN(CCC)C(=O)c1cc(C)cc(C(=O)CC(Cc2cc(F)cc(F)c2)[C@H](O)C2CCCN(C)C2=O)c1. The van der Waals surface area contributed by atoms with E-state index in [1.165, 1.54) is 12.1 Å². The third-order valence-electron chi connectivity index (χ3n) is 7.39. The van der Waals surface area contributed by atoms with Crippen molar-refractivity contribution in [1.29, 1.82) is 0 Å². The zero-order chi connectivity index (χ0) is 28.7. The lowest BCUT2D eigenvalue weighted by Gasteiger charge is -2.35. The van der Waals surface area contributed by atoms with Gasteiger partial charge in [0.05, 0.1) is 12.0 Å². The lowest BCUT2D eigenvalue weighted by atomic mass is 9.79. The Morgan fingerprint density at radius 3 is 2.26 bits per heavy atom. The Hall–Kier alpha value is -3.13. The van der Waals surface area contributed by atoms with Crippen LogP contribution in [0.25, 0.3) is 0 Å². The van der Waals surface area contributed by atoms with Gasteiger partial charge in [-0.1, -0.05) is 13.8 Å². The second-order valence-corrected chi connectivity index (χ2v) is 10.7. The van der Waals surface area contributed by atoms with E-state index in [2.05, 4.69) is 0 Å². The van der Waals surface area contributed by atoms with Crippen LogP contribution in [0.2, 0.25) is 0 Å². The number of aliphatic hydroxyl groups is 1. The Balaban J connectivity index is 1.91. The van der Waals surface area contributed by atoms with Crippen LogP contribution >= 0.6 is 0 Å². The largest absolute Gasteiger partial charge is 0.392 e. The summed E-state index contributed by atoms with van der Waals surface area (Å²) in [5.74, 6) is -3.59. The number of amides is 2. The zero-order valence-electron chi connectivity index (χ0n) is 23.4. The number of piperidine rings is 1. The van der Waals surface area contributed by atoms with Crippen molar-refractivity contribution in [2.45, 2.75) is 65.4 Å². The van der Waals surface area contributed by atoms with E-state index in [9.17, 15) is 28.3 Å². The molecule has 2 aromatic carbocycles. The van der Waals surface area contributed by atoms with Crippen LogP contribution in [0.4, 0.5) is 8.78 Å². The molecule has 0 bridgehead atoms. The Bertz CT molecular complexity index is 1160. The molecule has 2 amide bonds. The predicted molar refractivity (Wildman–Crippen MR) is 147 cm³/mol. The lowest BCUT2D eigenvalue weighted by molar-refractivity contribution is -0.143. The highest BCUT2D eigenvalue weighted by Gasteiger charge is 2.37. The monoisotopic (exact) mass is 542 g/mol. The molecule has 0 radical (unpaired) electrons. The summed E-state index contributed by atoms with van der Waals surface area (Å²) in [6.45, 7) is 7.65. The van der Waals surface area contributed by atoms with Crippen LogP contribution < -0.4 is 0 Å². The molecule has 1 heterocycles. The van der Waals surface area contributed by atoms with E-state index in [0.29, 0.717) is 49.2 Å². The first kappa shape index (κ1) is 30.4. The maximum Gasteiger partial charge on any atom is 0.253 e. The van der Waals surface area contributed by atoms with Crippen molar-refractivity contribution < 1.29 is 28.3 Å². The minimum atomic E-state index is -1.17. The van der Waals surface area contributed by atoms with Crippen LogP contribution in [0.1, 0.15) is 77.8 Å². The van der Waals surface area contributed by atoms with Crippen LogP contribution in [0.15, 0.2) is 36.4 Å². The molecular weight excluding hydrogens is 502 g/mol. The van der Waals surface area contributed by atoms with Crippen LogP contribution in [-0.4, -0.2) is 65.3 Å². The number of rotatable bonds is 12. The minimum absolute atomic E-state index is 0.0213. The van der Waals surface area contributed by atoms with Crippen molar-refractivity contribution in [3.63, 3.8) is 0 Å². The molecular formula is C31H40F2N2O4. The summed E-state index contributed by atoms with van der Waals surface area (Å²) in [5.41, 5.74) is 1.82. The first-order valence-electron chi connectivity index (χ1n) is 13.9. The van der Waals surface area contributed by atoms with E-state index >= 15 is 0 Å². The third kappa shape index (κ3) is 7.94. The van der Waals surface area contributed by atoms with Crippen molar-refractivity contribution in [3.8, 4) is 0 Å². The number of ketones is 1. The number of halogens is 2. The number of aryl methyl sites for hydroxylation is 1. The molecule has 2 aromatic rings. The summed E-state index contributed by atoms with van der Waals surface area (Å²) in [7, 11) is 1.68. The number of Topliss-reactive ketones (excluding diaryl/α,β-unsaturated/α-hetero) is 1. The van der Waals surface area contributed by atoms with Gasteiger partial charge in [-0.15, -0.1) is 0 Å². The van der Waals surface area contributed by atoms with Gasteiger partial charge in [0.2, 0.25) is 5.91 Å². The third-order valence-corrected chi connectivity index (χ3v) is 7.39. The molecule has 0 aromatic heterocycles. The van der Waals surface area contributed by atoms with E-state index in [-0.39, 0.29) is 30.4 Å². The average Bonchev–Trinajstić information content (AvgIpc) is 2.88. The number of benzene rings is 2. The second kappa shape index (κ2) is 13.8. The normalized spacial score (nSPS) is 17.2. The molecule has 3 atom stereocenters. The number of hydrogen-bond donors (Lipinski definition) is 1. The lowest BCUT2D eigenvalue weighted by Crippen LogP contribution is -2.46. The molecule has 2 unspecified atom stereocenters. The number of hydrogen-bond acceptors (Lipinski definition) is 4. The summed E-state index contributed by atoms with van der Waals surface area (Å²) in [6, 6.07) is 8.18. The Morgan fingerprint density at radius 1 is 1.03 bits per heavy atom. The zero-order valence-corrected chi connectivity index (χ0v) is 23.4. The van der Waals surface area contributed by atoms with Crippen molar-refractivity contribution in [1.82, 2.24) is 9.80 Å². The van der Waals surface area contributed by atoms with Gasteiger partial charge in [-0.3, -0.25) is 14.4 Å². The summed E-state index contributed by atoms with van der Waals surface area (Å²) < 4.78 is 27.9. The number of carbonyl (C=O) groups is 3. The maximum absolute atomic E-state index is 13.9. The fraction of sp³-hybridized carbons (Fsp3) is 0.516. The average molecular weight is 543 g/mol. The molecule has 1 saturated heterocycles. The first-order chi connectivity index (χ1) is 18.5. The summed E-state index contributed by atoms with van der Waals surface area (Å²) in [5, 5.41) is 11.4. The molecule has 0 saturated carbocycles. The van der Waals surface area contributed by atoms with E-state index in [4.69, 9.17) is 0 Å². The molecule has 1 N–H and O–H groups in total. The van der Waals surface area contributed by atoms with Gasteiger partial charge < -0.3 is 14.9 Å². The number of likely N-dealkylation sites (tertiary alicyclic amines) is 1. The van der Waals surface area contributed by atoms with Crippen LogP contribution in [-0.2, 0) is 11.2 Å². The molecule has 8 heteroatoms. The standard InChI is InChI=1S/C31H40F2N2O4/c1-5-9-35(10-6-2)30(38)24-13-20(3)12-22(17-24)28(36)18-23(14-21-15-25(32)19-26(33)16-21)29(37)27-8-7-11-34(4)31(27)39/h12-13,15-17,19,23,27,29,37H,5-11,14,18H2,1-4H3/t23?,27?,29-/m0/s1. The molecule has 0 spiro atoms. The molecule has 39 heavy (non-hydrogen) atoms. The second-order valence-electron chi connectivity index (χ2n) is 10.7. The summed E-state index contributed by atoms with van der Waals surface area (Å²) in [4.78, 5) is 43.0. The van der Waals surface area contributed by atoms with Crippen LogP contribution in [0.5, 0.6) is 0 Å². The highest BCUT2D eigenvalue weighted by molar-refractivity contribution is 6.01. The van der Waals surface area contributed by atoms with Gasteiger partial charge >= 0.3 is 0 Å². The number of carbonyl (C=O) groups excluding carboxylic acids is 3. The van der Waals surface area contributed by atoms with Gasteiger partial charge in [-0.05, 0) is 86.4 Å². The fourth-order valence-corrected chi connectivity index (χ4v) is 5.52. The molecule has 1 fully saturated rings. The van der Waals surface area contributed by atoms with E-state index < -0.39 is 29.6 Å². The Morgan fingerprint density at radius 2 is 1.64 bits per heavy atom. The van der Waals surface area contributed by atoms with Crippen LogP contribution in [0.3, 0.4) is 0 Å². The highest BCUT2D eigenvalue weighted by Crippen LogP contribution is 2.30. The van der Waals surface area contributed by atoms with Crippen molar-refractivity contribution in [2.24, 2.45) is 11.8 Å². The topological polar surface area (TPSA) is 77.9 Å². The number of nitrogens with zero attached hydrogens (tertiary/aromatic N) is 2. The molecule has 3 rings (SSSR count). The first-order valence-corrected chi connectivity index (χ1v) is 13.9. The van der Waals surface area contributed by atoms with E-state index in [1.54, 1.807) is 35.0 Å². The van der Waals surface area contributed by atoms with Crippen molar-refractivity contribution in [3.05, 3.63) is 70.3 Å².